The van der Waals surface area contributed by atoms with Gasteiger partial charge in [-0.2, -0.15) is 6.42 Å². The maximum atomic E-state index is 3.87. The van der Waals surface area contributed by atoms with E-state index in [9.17, 15) is 0 Å². The summed E-state index contributed by atoms with van der Waals surface area (Å²) in [5, 5.41) is 0. The third kappa shape index (κ3) is 19.4. The van der Waals surface area contributed by atoms with E-state index in [1.807, 2.05) is 0 Å². The zero-order chi connectivity index (χ0) is 12.1. The Morgan fingerprint density at radius 3 is 1.56 bits per heavy atom. The molecular weight excluding hydrogens is 293 g/mol. The van der Waals surface area contributed by atoms with Crippen LogP contribution in [-0.4, -0.2) is 0 Å². The van der Waals surface area contributed by atoms with Crippen LogP contribution in [0.15, 0.2) is 0 Å². The molecule has 0 fully saturated rings. The van der Waals surface area contributed by atoms with Crippen molar-refractivity contribution >= 4 is 0 Å². The summed E-state index contributed by atoms with van der Waals surface area (Å²) in [6.45, 7) is 8.55. The average Bonchev–Trinajstić information content (AvgIpc) is 2.31. The van der Waals surface area contributed by atoms with Gasteiger partial charge in [0.2, 0.25) is 0 Å². The van der Waals surface area contributed by atoms with Crippen LogP contribution in [-0.2, 0) is 32.7 Å². The molecule has 0 nitrogen and oxygen atoms in total. The summed E-state index contributed by atoms with van der Waals surface area (Å²) in [6.07, 6.45) is 16.8. The molecule has 109 valence electrons. The van der Waals surface area contributed by atoms with E-state index in [1.165, 1.54) is 70.6 Å². The Balaban J connectivity index is -0.00000112. The van der Waals surface area contributed by atoms with Crippen molar-refractivity contribution in [3.63, 3.8) is 0 Å². The van der Waals surface area contributed by atoms with Gasteiger partial charge in [0, 0.05) is 32.7 Å². The molecular formula is C17H36Y-2. The van der Waals surface area contributed by atoms with Crippen LogP contribution in [0.2, 0.25) is 0 Å². The fraction of sp³-hybridized carbons (Fsp3) is 0.882. The van der Waals surface area contributed by atoms with Gasteiger partial charge in [-0.05, 0) is 5.92 Å². The molecule has 0 aromatic heterocycles. The van der Waals surface area contributed by atoms with Crippen LogP contribution in [0.3, 0.4) is 0 Å². The van der Waals surface area contributed by atoms with Crippen LogP contribution in [0.1, 0.15) is 90.9 Å². The van der Waals surface area contributed by atoms with E-state index in [0.717, 1.165) is 12.3 Å². The number of hydrogen-bond acceptors (Lipinski definition) is 0. The normalized spacial score (nSPS) is 11.5. The summed E-state index contributed by atoms with van der Waals surface area (Å²) in [5.41, 5.74) is 0. The number of rotatable bonds is 12. The van der Waals surface area contributed by atoms with Gasteiger partial charge < -0.3 is 14.4 Å². The average molecular weight is 329 g/mol. The third-order valence-corrected chi connectivity index (χ3v) is 3.64. The Bertz CT molecular complexity index is 123. The molecule has 0 aliphatic heterocycles. The fourth-order valence-electron chi connectivity index (χ4n) is 2.11. The van der Waals surface area contributed by atoms with Crippen molar-refractivity contribution in [2.24, 2.45) is 5.92 Å². The Morgan fingerprint density at radius 2 is 1.17 bits per heavy atom. The predicted octanol–water partition coefficient (Wildman–Crippen LogP) is 6.61. The molecule has 0 aromatic rings. The third-order valence-electron chi connectivity index (χ3n) is 3.64. The molecule has 0 rings (SSSR count). The zero-order valence-corrected chi connectivity index (χ0v) is 16.2. The molecule has 0 bridgehead atoms. The minimum absolute atomic E-state index is 0. The molecule has 1 heteroatoms. The quantitative estimate of drug-likeness (QED) is 0.279. The van der Waals surface area contributed by atoms with Gasteiger partial charge in [0.25, 0.3) is 0 Å². The van der Waals surface area contributed by atoms with Crippen LogP contribution in [0, 0.1) is 20.3 Å². The molecule has 0 aliphatic carbocycles. The first-order chi connectivity index (χ1) is 7.81. The van der Waals surface area contributed by atoms with Crippen molar-refractivity contribution < 1.29 is 32.7 Å². The van der Waals surface area contributed by atoms with Gasteiger partial charge in [0.1, 0.15) is 0 Å². The van der Waals surface area contributed by atoms with Crippen LogP contribution >= 0.6 is 0 Å². The second kappa shape index (κ2) is 20.4. The smallest absolute Gasteiger partial charge is 0 e. The summed E-state index contributed by atoms with van der Waals surface area (Å²) in [4.78, 5) is 0. The molecule has 0 saturated carbocycles. The Morgan fingerprint density at radius 1 is 0.778 bits per heavy atom. The van der Waals surface area contributed by atoms with Crippen LogP contribution in [0.5, 0.6) is 0 Å². The number of hydrogen-bond donors (Lipinski definition) is 0. The first-order valence-electron chi connectivity index (χ1n) is 7.60. The summed E-state index contributed by atoms with van der Waals surface area (Å²) in [5.74, 6) is 0.947. The molecule has 0 N–H and O–H groups in total. The van der Waals surface area contributed by atoms with E-state index >= 15 is 0 Å². The maximum absolute atomic E-state index is 3.87. The standard InChI is InChI=1S/C16H33.CH3.Y/c1-4-6-7-8-9-10-11-12-13-14-15-16(3)5-2;;/h16H,1,4-15H2,2-3H3;1H3;/q2*-1;. The van der Waals surface area contributed by atoms with Gasteiger partial charge in [0.05, 0.1) is 0 Å². The van der Waals surface area contributed by atoms with Gasteiger partial charge in [0.15, 0.2) is 0 Å². The van der Waals surface area contributed by atoms with E-state index in [-0.39, 0.29) is 40.1 Å². The van der Waals surface area contributed by atoms with Gasteiger partial charge in [-0.1, -0.05) is 84.5 Å². The molecule has 0 heterocycles. The second-order valence-corrected chi connectivity index (χ2v) is 5.34. The maximum Gasteiger partial charge on any atom is 0 e. The summed E-state index contributed by atoms with van der Waals surface area (Å²) >= 11 is 0. The van der Waals surface area contributed by atoms with Gasteiger partial charge in [-0.15, -0.1) is 0 Å². The van der Waals surface area contributed by atoms with Crippen LogP contribution in [0.25, 0.3) is 0 Å². The number of unbranched alkanes of at least 4 members (excludes halogenated alkanes) is 9. The van der Waals surface area contributed by atoms with Crippen LogP contribution < -0.4 is 0 Å². The van der Waals surface area contributed by atoms with E-state index < -0.39 is 0 Å². The monoisotopic (exact) mass is 329 g/mol. The Labute approximate surface area is 143 Å². The van der Waals surface area contributed by atoms with E-state index in [2.05, 4.69) is 20.8 Å². The molecule has 0 aromatic carbocycles. The molecule has 0 aliphatic rings. The van der Waals surface area contributed by atoms with Crippen LogP contribution in [0.4, 0.5) is 0 Å². The summed E-state index contributed by atoms with van der Waals surface area (Å²) < 4.78 is 0. The van der Waals surface area contributed by atoms with E-state index in [4.69, 9.17) is 0 Å². The molecule has 1 unspecified atom stereocenters. The second-order valence-electron chi connectivity index (χ2n) is 5.34. The topological polar surface area (TPSA) is 0 Å². The SMILES string of the molecule is [CH2-]CCCCCCCCCCCC(C)CC.[CH3-].[Y]. The van der Waals surface area contributed by atoms with Gasteiger partial charge >= 0.3 is 0 Å². The van der Waals surface area contributed by atoms with E-state index in [0.29, 0.717) is 0 Å². The molecule has 1 atom stereocenters. The zero-order valence-electron chi connectivity index (χ0n) is 13.3. The predicted molar refractivity (Wildman–Crippen MR) is 82.0 cm³/mol. The Hall–Kier alpha value is 1.10. The largest absolute Gasteiger partial charge is 0.358 e. The van der Waals surface area contributed by atoms with Gasteiger partial charge in [-0.25, -0.2) is 0 Å². The molecule has 18 heavy (non-hydrogen) atoms. The van der Waals surface area contributed by atoms with Crippen molar-refractivity contribution in [2.75, 3.05) is 0 Å². The van der Waals surface area contributed by atoms with Crippen molar-refractivity contribution in [1.82, 2.24) is 0 Å². The first-order valence-corrected chi connectivity index (χ1v) is 7.60. The molecule has 0 spiro atoms. The van der Waals surface area contributed by atoms with Crippen molar-refractivity contribution in [3.05, 3.63) is 14.4 Å². The fourth-order valence-corrected chi connectivity index (χ4v) is 2.11. The van der Waals surface area contributed by atoms with E-state index in [1.54, 1.807) is 0 Å². The first kappa shape index (κ1) is 24.1. The Kier molecular flexibility index (Phi) is 27.4. The van der Waals surface area contributed by atoms with Crippen molar-refractivity contribution in [1.29, 1.82) is 0 Å². The molecule has 0 saturated heterocycles. The minimum Gasteiger partial charge on any atom is -0.358 e. The minimum atomic E-state index is 0. The van der Waals surface area contributed by atoms with Crippen molar-refractivity contribution in [3.8, 4) is 0 Å². The summed E-state index contributed by atoms with van der Waals surface area (Å²) in [7, 11) is 0. The van der Waals surface area contributed by atoms with Crippen molar-refractivity contribution in [2.45, 2.75) is 90.9 Å². The molecule has 0 amide bonds. The van der Waals surface area contributed by atoms with Gasteiger partial charge in [-0.3, -0.25) is 0 Å². The molecule has 1 radical (unpaired) electrons. The summed E-state index contributed by atoms with van der Waals surface area (Å²) in [6, 6.07) is 0.